The second-order valence-electron chi connectivity index (χ2n) is 7.64. The van der Waals surface area contributed by atoms with Crippen molar-refractivity contribution in [3.05, 3.63) is 34.3 Å². The van der Waals surface area contributed by atoms with E-state index in [1.165, 1.54) is 5.56 Å². The summed E-state index contributed by atoms with van der Waals surface area (Å²) in [5, 5.41) is 11.4. The lowest BCUT2D eigenvalue weighted by Crippen LogP contribution is -2.50. The molecule has 0 bridgehead atoms. The van der Waals surface area contributed by atoms with Crippen molar-refractivity contribution in [1.82, 2.24) is 4.90 Å². The van der Waals surface area contributed by atoms with Gasteiger partial charge in [-0.25, -0.2) is 4.79 Å². The molecule has 1 aliphatic carbocycles. The molecular weight excluding hydrogens is 314 g/mol. The van der Waals surface area contributed by atoms with E-state index in [0.717, 1.165) is 18.4 Å². The van der Waals surface area contributed by atoms with E-state index in [1.54, 1.807) is 4.90 Å². The van der Waals surface area contributed by atoms with Gasteiger partial charge in [-0.15, -0.1) is 0 Å². The van der Waals surface area contributed by atoms with E-state index in [4.69, 9.17) is 16.3 Å². The van der Waals surface area contributed by atoms with Gasteiger partial charge in [0.2, 0.25) is 0 Å². The van der Waals surface area contributed by atoms with Crippen LogP contribution >= 0.6 is 11.6 Å². The van der Waals surface area contributed by atoms with E-state index in [1.807, 2.05) is 39.0 Å². The molecule has 1 unspecified atom stereocenters. The molecule has 1 spiro atoms. The van der Waals surface area contributed by atoms with E-state index >= 15 is 0 Å². The molecule has 1 heterocycles. The highest BCUT2D eigenvalue weighted by Crippen LogP contribution is 2.47. The van der Waals surface area contributed by atoms with E-state index < -0.39 is 11.7 Å². The van der Waals surface area contributed by atoms with Crippen molar-refractivity contribution >= 4 is 17.7 Å². The van der Waals surface area contributed by atoms with Gasteiger partial charge >= 0.3 is 6.09 Å². The fraction of sp³-hybridized carbons (Fsp3) is 0.611. The molecule has 23 heavy (non-hydrogen) atoms. The second kappa shape index (κ2) is 5.67. The van der Waals surface area contributed by atoms with Crippen LogP contribution in [0.1, 0.15) is 44.7 Å². The average molecular weight is 338 g/mol. The molecular formula is C18H24ClNO3. The Kier molecular flexibility index (Phi) is 4.09. The zero-order chi connectivity index (χ0) is 16.8. The Morgan fingerprint density at radius 2 is 2.00 bits per heavy atom. The molecule has 1 fully saturated rings. The number of aliphatic hydroxyl groups excluding tert-OH is 1. The van der Waals surface area contributed by atoms with E-state index in [-0.39, 0.29) is 11.5 Å². The van der Waals surface area contributed by atoms with Crippen LogP contribution < -0.4 is 0 Å². The summed E-state index contributed by atoms with van der Waals surface area (Å²) in [5.74, 6) is 0. The summed E-state index contributed by atoms with van der Waals surface area (Å²) in [6.07, 6.45) is 1.46. The molecule has 4 nitrogen and oxygen atoms in total. The Morgan fingerprint density at radius 3 is 2.61 bits per heavy atom. The van der Waals surface area contributed by atoms with Crippen LogP contribution in [0.5, 0.6) is 0 Å². The molecule has 3 rings (SSSR count). The first-order valence-electron chi connectivity index (χ1n) is 8.16. The summed E-state index contributed by atoms with van der Waals surface area (Å²) in [4.78, 5) is 14.0. The number of aliphatic hydroxyl groups is 1. The highest BCUT2D eigenvalue weighted by Gasteiger charge is 2.48. The minimum atomic E-state index is -0.487. The minimum Gasteiger partial charge on any atom is -0.444 e. The van der Waals surface area contributed by atoms with Gasteiger partial charge in [-0.1, -0.05) is 17.7 Å². The first-order valence-corrected chi connectivity index (χ1v) is 8.54. The van der Waals surface area contributed by atoms with Crippen molar-refractivity contribution in [3.8, 4) is 0 Å². The lowest BCUT2D eigenvalue weighted by Gasteiger charge is -2.42. The topological polar surface area (TPSA) is 49.8 Å². The number of piperidine rings is 1. The van der Waals surface area contributed by atoms with Gasteiger partial charge in [-0.3, -0.25) is 0 Å². The SMILES string of the molecule is CC(C)(C)OC(=O)N1CCC2(CC1)c1cc(Cl)ccc1CC2O. The van der Waals surface area contributed by atoms with Crippen molar-refractivity contribution in [2.75, 3.05) is 13.1 Å². The summed E-state index contributed by atoms with van der Waals surface area (Å²) in [6, 6.07) is 5.87. The largest absolute Gasteiger partial charge is 0.444 e. The Bertz CT molecular complexity index is 615. The molecule has 1 aromatic rings. The molecule has 1 atom stereocenters. The van der Waals surface area contributed by atoms with Gasteiger partial charge in [0.25, 0.3) is 0 Å². The summed E-state index contributed by atoms with van der Waals surface area (Å²) in [6.45, 7) is 6.80. The second-order valence-corrected chi connectivity index (χ2v) is 8.08. The molecule has 1 aliphatic heterocycles. The van der Waals surface area contributed by atoms with Gasteiger partial charge in [-0.05, 0) is 63.3 Å². The normalized spacial score (nSPS) is 23.0. The molecule has 1 aromatic carbocycles. The van der Waals surface area contributed by atoms with Crippen LogP contribution in [0.4, 0.5) is 4.79 Å². The predicted octanol–water partition coefficient (Wildman–Crippen LogP) is 3.53. The number of hydrogen-bond donors (Lipinski definition) is 1. The van der Waals surface area contributed by atoms with Crippen molar-refractivity contribution in [3.63, 3.8) is 0 Å². The van der Waals surface area contributed by atoms with Crippen molar-refractivity contribution in [2.45, 2.75) is 57.2 Å². The van der Waals surface area contributed by atoms with Crippen molar-refractivity contribution in [2.24, 2.45) is 0 Å². The number of rotatable bonds is 0. The zero-order valence-electron chi connectivity index (χ0n) is 13.9. The maximum absolute atomic E-state index is 12.2. The van der Waals surface area contributed by atoms with Crippen LogP contribution in [0.3, 0.4) is 0 Å². The van der Waals surface area contributed by atoms with Crippen LogP contribution in [-0.4, -0.2) is 40.9 Å². The van der Waals surface area contributed by atoms with E-state index in [0.29, 0.717) is 24.5 Å². The molecule has 1 N–H and O–H groups in total. The number of carbonyl (C=O) groups excluding carboxylic acids is 1. The fourth-order valence-corrected chi connectivity index (χ4v) is 3.96. The number of ether oxygens (including phenoxy) is 1. The third-order valence-electron chi connectivity index (χ3n) is 4.97. The molecule has 1 amide bonds. The Labute approximate surface area is 142 Å². The zero-order valence-corrected chi connectivity index (χ0v) is 14.7. The highest BCUT2D eigenvalue weighted by molar-refractivity contribution is 6.30. The number of carbonyl (C=O) groups is 1. The molecule has 0 saturated carbocycles. The number of amides is 1. The quantitative estimate of drug-likeness (QED) is 0.788. The predicted molar refractivity (Wildman–Crippen MR) is 89.9 cm³/mol. The van der Waals surface area contributed by atoms with Crippen molar-refractivity contribution < 1.29 is 14.6 Å². The molecule has 0 radical (unpaired) electrons. The number of benzene rings is 1. The molecule has 126 valence electrons. The first-order chi connectivity index (χ1) is 10.7. The third-order valence-corrected chi connectivity index (χ3v) is 5.20. The van der Waals surface area contributed by atoms with Gasteiger partial charge in [-0.2, -0.15) is 0 Å². The summed E-state index contributed by atoms with van der Waals surface area (Å²) in [5.41, 5.74) is 1.56. The molecule has 5 heteroatoms. The lowest BCUT2D eigenvalue weighted by molar-refractivity contribution is 0.00279. The first kappa shape index (κ1) is 16.6. The van der Waals surface area contributed by atoms with Gasteiger partial charge in [0.1, 0.15) is 5.60 Å². The summed E-state index contributed by atoms with van der Waals surface area (Å²) < 4.78 is 5.45. The summed E-state index contributed by atoms with van der Waals surface area (Å²) >= 11 is 6.16. The minimum absolute atomic E-state index is 0.272. The number of hydrogen-bond acceptors (Lipinski definition) is 3. The molecule has 1 saturated heterocycles. The van der Waals surface area contributed by atoms with Crippen molar-refractivity contribution in [1.29, 1.82) is 0 Å². The maximum atomic E-state index is 12.2. The van der Waals surface area contributed by atoms with Gasteiger partial charge < -0.3 is 14.7 Å². The number of nitrogens with zero attached hydrogens (tertiary/aromatic N) is 1. The average Bonchev–Trinajstić information content (AvgIpc) is 2.71. The lowest BCUT2D eigenvalue weighted by atomic mass is 9.72. The fourth-order valence-electron chi connectivity index (χ4n) is 3.79. The monoisotopic (exact) mass is 337 g/mol. The maximum Gasteiger partial charge on any atom is 0.410 e. The summed E-state index contributed by atoms with van der Waals surface area (Å²) in [7, 11) is 0. The standard InChI is InChI=1S/C18H24ClNO3/c1-17(2,3)23-16(22)20-8-6-18(7-9-20)14-11-13(19)5-4-12(14)10-15(18)21/h4-5,11,15,21H,6-10H2,1-3H3. The van der Waals surface area contributed by atoms with E-state index in [9.17, 15) is 9.90 Å². The number of fused-ring (bicyclic) bond motifs is 2. The van der Waals surface area contributed by atoms with Crippen LogP contribution in [0.2, 0.25) is 5.02 Å². The van der Waals surface area contributed by atoms with Gasteiger partial charge in [0, 0.05) is 23.5 Å². The van der Waals surface area contributed by atoms with Gasteiger partial charge in [0.05, 0.1) is 6.10 Å². The smallest absolute Gasteiger partial charge is 0.410 e. The Balaban J connectivity index is 1.76. The molecule has 0 aromatic heterocycles. The highest BCUT2D eigenvalue weighted by atomic mass is 35.5. The van der Waals surface area contributed by atoms with Crippen LogP contribution in [0.25, 0.3) is 0 Å². The third kappa shape index (κ3) is 3.07. The number of likely N-dealkylation sites (tertiary alicyclic amines) is 1. The van der Waals surface area contributed by atoms with E-state index in [2.05, 4.69) is 0 Å². The molecule has 2 aliphatic rings. The Morgan fingerprint density at radius 1 is 1.35 bits per heavy atom. The Hall–Kier alpha value is -1.26. The van der Waals surface area contributed by atoms with Crippen LogP contribution in [-0.2, 0) is 16.6 Å². The van der Waals surface area contributed by atoms with Gasteiger partial charge in [0.15, 0.2) is 0 Å². The number of halogens is 1. The van der Waals surface area contributed by atoms with Crippen LogP contribution in [0.15, 0.2) is 18.2 Å². The van der Waals surface area contributed by atoms with Crippen LogP contribution in [0, 0.1) is 0 Å².